The first-order valence-corrected chi connectivity index (χ1v) is 10.2. The average molecular weight is 409 g/mol. The molecule has 30 heavy (non-hydrogen) atoms. The molecule has 2 N–H and O–H groups in total. The fourth-order valence-electron chi connectivity index (χ4n) is 3.85. The van der Waals surface area contributed by atoms with Gasteiger partial charge in [0.15, 0.2) is 5.78 Å². The van der Waals surface area contributed by atoms with Crippen molar-refractivity contribution in [3.63, 3.8) is 0 Å². The van der Waals surface area contributed by atoms with Crippen LogP contribution in [0.3, 0.4) is 0 Å². The molecule has 5 nitrogen and oxygen atoms in total. The first-order chi connectivity index (χ1) is 13.8. The number of carbonyl (C=O) groups excluding carboxylic acids is 1. The summed E-state index contributed by atoms with van der Waals surface area (Å²) < 4.78 is 5.28. The summed E-state index contributed by atoms with van der Waals surface area (Å²) in [5.41, 5.74) is 3.33. The summed E-state index contributed by atoms with van der Waals surface area (Å²) in [5.74, 6) is 1.31. The van der Waals surface area contributed by atoms with E-state index < -0.39 is 0 Å². The number of hydrogen-bond donors (Lipinski definition) is 2. The quantitative estimate of drug-likeness (QED) is 0.697. The van der Waals surface area contributed by atoms with Gasteiger partial charge < -0.3 is 14.7 Å². The van der Waals surface area contributed by atoms with Gasteiger partial charge in [-0.3, -0.25) is 10.2 Å². The Labute approximate surface area is 179 Å². The number of ketones is 1. The van der Waals surface area contributed by atoms with Crippen molar-refractivity contribution in [1.29, 1.82) is 5.41 Å². The molecule has 1 aliphatic heterocycles. The fourth-order valence-corrected chi connectivity index (χ4v) is 3.85. The highest BCUT2D eigenvalue weighted by Crippen LogP contribution is 2.40. The SMILES string of the molecule is COc1ccc2c(c1)CN(CC(=O)c1cc(C(C)(C)C)c(O)c(C(C)(C)C)c1)C2=N. The van der Waals surface area contributed by atoms with Crippen LogP contribution in [0.2, 0.25) is 0 Å². The number of nitrogens with zero attached hydrogens (tertiary/aromatic N) is 1. The Morgan fingerprint density at radius 2 is 1.63 bits per heavy atom. The minimum atomic E-state index is -0.298. The fraction of sp³-hybridized carbons (Fsp3) is 0.440. The highest BCUT2D eigenvalue weighted by atomic mass is 16.5. The highest BCUT2D eigenvalue weighted by Gasteiger charge is 2.30. The zero-order valence-corrected chi connectivity index (χ0v) is 19.0. The van der Waals surface area contributed by atoms with E-state index >= 15 is 0 Å². The third kappa shape index (κ3) is 4.07. The number of carbonyl (C=O) groups is 1. The smallest absolute Gasteiger partial charge is 0.182 e. The maximum atomic E-state index is 13.2. The third-order valence-electron chi connectivity index (χ3n) is 5.63. The van der Waals surface area contributed by atoms with Gasteiger partial charge in [0.05, 0.1) is 13.7 Å². The summed E-state index contributed by atoms with van der Waals surface area (Å²) in [7, 11) is 1.62. The second kappa shape index (κ2) is 7.46. The van der Waals surface area contributed by atoms with Crippen LogP contribution in [0.15, 0.2) is 30.3 Å². The van der Waals surface area contributed by atoms with Crippen LogP contribution in [0, 0.1) is 5.41 Å². The van der Waals surface area contributed by atoms with Gasteiger partial charge in [0.2, 0.25) is 0 Å². The summed E-state index contributed by atoms with van der Waals surface area (Å²) in [6.45, 7) is 12.8. The standard InChI is InChI=1S/C25H32N2O3/c1-24(2,3)19-11-15(12-20(22(19)29)25(4,5)6)21(28)14-27-13-16-10-17(30-7)8-9-18(16)23(27)26/h8-12,26,29H,13-14H2,1-7H3. The van der Waals surface area contributed by atoms with Crippen LogP contribution < -0.4 is 4.74 Å². The Balaban J connectivity index is 1.93. The zero-order chi connectivity index (χ0) is 22.4. The van der Waals surface area contributed by atoms with Crippen molar-refractivity contribution < 1.29 is 14.6 Å². The second-order valence-electron chi connectivity index (χ2n) is 10.1. The van der Waals surface area contributed by atoms with E-state index in [2.05, 4.69) is 0 Å². The zero-order valence-electron chi connectivity index (χ0n) is 19.0. The van der Waals surface area contributed by atoms with E-state index in [4.69, 9.17) is 10.1 Å². The lowest BCUT2D eigenvalue weighted by Crippen LogP contribution is -2.30. The van der Waals surface area contributed by atoms with Crippen LogP contribution in [0.25, 0.3) is 0 Å². The molecule has 0 unspecified atom stereocenters. The summed E-state index contributed by atoms with van der Waals surface area (Å²) in [6.07, 6.45) is 0. The number of phenols is 1. The number of benzene rings is 2. The molecule has 0 fully saturated rings. The molecular weight excluding hydrogens is 376 g/mol. The normalized spacial score (nSPS) is 14.1. The molecule has 0 bridgehead atoms. The lowest BCUT2D eigenvalue weighted by Gasteiger charge is -2.28. The Hall–Kier alpha value is -2.82. The number of ether oxygens (including phenoxy) is 1. The number of Topliss-reactive ketones (excluding diaryl/α,β-unsaturated/α-hetero) is 1. The highest BCUT2D eigenvalue weighted by molar-refractivity contribution is 6.05. The van der Waals surface area contributed by atoms with Crippen molar-refractivity contribution in [2.75, 3.05) is 13.7 Å². The van der Waals surface area contributed by atoms with Crippen molar-refractivity contribution in [3.05, 3.63) is 58.1 Å². The van der Waals surface area contributed by atoms with Gasteiger partial charge in [0.25, 0.3) is 0 Å². The van der Waals surface area contributed by atoms with Gasteiger partial charge in [-0.1, -0.05) is 41.5 Å². The number of rotatable bonds is 4. The van der Waals surface area contributed by atoms with E-state index in [0.29, 0.717) is 17.9 Å². The van der Waals surface area contributed by atoms with Crippen molar-refractivity contribution in [3.8, 4) is 11.5 Å². The minimum Gasteiger partial charge on any atom is -0.507 e. The van der Waals surface area contributed by atoms with Crippen molar-refractivity contribution >= 4 is 11.6 Å². The molecule has 160 valence electrons. The van der Waals surface area contributed by atoms with Crippen LogP contribution in [0.4, 0.5) is 0 Å². The molecule has 5 heteroatoms. The summed E-state index contributed by atoms with van der Waals surface area (Å²) in [5, 5.41) is 19.4. The van der Waals surface area contributed by atoms with E-state index in [1.54, 1.807) is 12.0 Å². The van der Waals surface area contributed by atoms with Gasteiger partial charge in [0, 0.05) is 28.8 Å². The van der Waals surface area contributed by atoms with Gasteiger partial charge in [-0.2, -0.15) is 0 Å². The Morgan fingerprint density at radius 3 is 2.13 bits per heavy atom. The molecule has 2 aromatic rings. The molecule has 3 rings (SSSR count). The van der Waals surface area contributed by atoms with Crippen LogP contribution in [0.1, 0.15) is 74.2 Å². The molecule has 0 aromatic heterocycles. The monoisotopic (exact) mass is 408 g/mol. The first kappa shape index (κ1) is 21.9. The molecule has 0 radical (unpaired) electrons. The second-order valence-corrected chi connectivity index (χ2v) is 10.1. The van der Waals surface area contributed by atoms with Gasteiger partial charge >= 0.3 is 0 Å². The molecule has 0 amide bonds. The maximum Gasteiger partial charge on any atom is 0.182 e. The predicted octanol–water partition coefficient (Wildman–Crippen LogP) is 5.02. The number of hydrogen-bond acceptors (Lipinski definition) is 4. The average Bonchev–Trinajstić information content (AvgIpc) is 2.94. The van der Waals surface area contributed by atoms with Crippen LogP contribution in [-0.2, 0) is 17.4 Å². The Bertz CT molecular complexity index is 975. The van der Waals surface area contributed by atoms with Gasteiger partial charge in [-0.15, -0.1) is 0 Å². The van der Waals surface area contributed by atoms with Crippen molar-refractivity contribution in [2.45, 2.75) is 58.9 Å². The van der Waals surface area contributed by atoms with Crippen LogP contribution >= 0.6 is 0 Å². The summed E-state index contributed by atoms with van der Waals surface area (Å²) in [4.78, 5) is 15.0. The molecule has 1 aliphatic rings. The molecule has 0 spiro atoms. The molecule has 1 heterocycles. The number of fused-ring (bicyclic) bond motifs is 1. The van der Waals surface area contributed by atoms with E-state index in [1.807, 2.05) is 71.9 Å². The third-order valence-corrected chi connectivity index (χ3v) is 5.63. The van der Waals surface area contributed by atoms with E-state index in [-0.39, 0.29) is 28.9 Å². The maximum absolute atomic E-state index is 13.2. The van der Waals surface area contributed by atoms with E-state index in [0.717, 1.165) is 28.0 Å². The summed E-state index contributed by atoms with van der Waals surface area (Å²) >= 11 is 0. The summed E-state index contributed by atoms with van der Waals surface area (Å²) in [6, 6.07) is 9.25. The lowest BCUT2D eigenvalue weighted by atomic mass is 9.78. The first-order valence-electron chi connectivity index (χ1n) is 10.2. The minimum absolute atomic E-state index is 0.0597. The molecular formula is C25H32N2O3. The van der Waals surface area contributed by atoms with Gasteiger partial charge in [-0.25, -0.2) is 0 Å². The number of nitrogens with one attached hydrogen (secondary N) is 1. The van der Waals surface area contributed by atoms with Crippen molar-refractivity contribution in [2.24, 2.45) is 0 Å². The molecule has 2 aromatic carbocycles. The van der Waals surface area contributed by atoms with E-state index in [9.17, 15) is 9.90 Å². The topological polar surface area (TPSA) is 73.6 Å². The van der Waals surface area contributed by atoms with E-state index in [1.165, 1.54) is 0 Å². The van der Waals surface area contributed by atoms with Crippen LogP contribution in [0.5, 0.6) is 11.5 Å². The van der Waals surface area contributed by atoms with Crippen LogP contribution in [-0.4, -0.2) is 35.3 Å². The molecule has 0 saturated heterocycles. The van der Waals surface area contributed by atoms with Gasteiger partial charge in [-0.05, 0) is 46.7 Å². The molecule has 0 atom stereocenters. The Kier molecular flexibility index (Phi) is 5.44. The number of methoxy groups -OCH3 is 1. The number of phenolic OH excluding ortho intramolecular Hbond substituents is 1. The van der Waals surface area contributed by atoms with Crippen molar-refractivity contribution in [1.82, 2.24) is 4.90 Å². The Morgan fingerprint density at radius 1 is 1.07 bits per heavy atom. The number of aromatic hydroxyl groups is 1. The lowest BCUT2D eigenvalue weighted by molar-refractivity contribution is 0.0962. The number of amidine groups is 1. The molecule has 0 saturated carbocycles. The molecule has 0 aliphatic carbocycles. The largest absolute Gasteiger partial charge is 0.507 e. The van der Waals surface area contributed by atoms with Gasteiger partial charge in [0.1, 0.15) is 17.3 Å². The predicted molar refractivity (Wildman–Crippen MR) is 120 cm³/mol.